The summed E-state index contributed by atoms with van der Waals surface area (Å²) in [7, 11) is 0. The normalized spacial score (nSPS) is 11.9. The van der Waals surface area contributed by atoms with Crippen molar-refractivity contribution in [1.82, 2.24) is 15.1 Å². The molecule has 29 heavy (non-hydrogen) atoms. The molecule has 0 saturated heterocycles. The van der Waals surface area contributed by atoms with Gasteiger partial charge in [-0.05, 0) is 50.1 Å². The first-order valence-electron chi connectivity index (χ1n) is 9.10. The van der Waals surface area contributed by atoms with Crippen LogP contribution in [0.15, 0.2) is 53.0 Å². The number of hydrogen-bond acceptors (Lipinski definition) is 4. The molecule has 1 unspecified atom stereocenters. The maximum Gasteiger partial charge on any atom is 0.312 e. The molecule has 1 N–H and O–H groups in total. The maximum absolute atomic E-state index is 12.6. The average Bonchev–Trinajstić information content (AvgIpc) is 2.95. The Balaban J connectivity index is 1.70. The standard InChI is InChI=1S/C21H21BrN4O3/c1-13(18-6-4-5-7-19(18)22)23-21(27)17-10-8-16(9-11-17)12-25-15(3)20(26(28)29)14(2)24-25/h4-11,13H,12H2,1-3H3,(H,23,27). The predicted molar refractivity (Wildman–Crippen MR) is 114 cm³/mol. The van der Waals surface area contributed by atoms with E-state index in [0.717, 1.165) is 15.6 Å². The monoisotopic (exact) mass is 456 g/mol. The van der Waals surface area contributed by atoms with E-state index in [4.69, 9.17) is 0 Å². The van der Waals surface area contributed by atoms with E-state index >= 15 is 0 Å². The molecule has 8 heteroatoms. The second-order valence-electron chi connectivity index (χ2n) is 6.85. The summed E-state index contributed by atoms with van der Waals surface area (Å²) in [6.45, 7) is 5.64. The summed E-state index contributed by atoms with van der Waals surface area (Å²) < 4.78 is 2.56. The zero-order chi connectivity index (χ0) is 21.1. The number of nitrogens with zero attached hydrogens (tertiary/aromatic N) is 3. The summed E-state index contributed by atoms with van der Waals surface area (Å²) in [5.41, 5.74) is 3.40. The number of aryl methyl sites for hydroxylation is 1. The highest BCUT2D eigenvalue weighted by Crippen LogP contribution is 2.24. The van der Waals surface area contributed by atoms with Gasteiger partial charge in [0.2, 0.25) is 0 Å². The first kappa shape index (κ1) is 20.7. The second-order valence-corrected chi connectivity index (χ2v) is 7.70. The lowest BCUT2D eigenvalue weighted by molar-refractivity contribution is -0.386. The van der Waals surface area contributed by atoms with Crippen molar-refractivity contribution in [2.75, 3.05) is 0 Å². The van der Waals surface area contributed by atoms with Crippen LogP contribution >= 0.6 is 15.9 Å². The summed E-state index contributed by atoms with van der Waals surface area (Å²) >= 11 is 3.50. The first-order chi connectivity index (χ1) is 13.8. The third-order valence-electron chi connectivity index (χ3n) is 4.79. The number of carbonyl (C=O) groups excluding carboxylic acids is 1. The number of aromatic nitrogens is 2. The number of rotatable bonds is 6. The van der Waals surface area contributed by atoms with E-state index in [1.807, 2.05) is 43.3 Å². The average molecular weight is 457 g/mol. The fraction of sp³-hybridized carbons (Fsp3) is 0.238. The molecule has 0 aliphatic rings. The van der Waals surface area contributed by atoms with E-state index < -0.39 is 4.92 Å². The Hall–Kier alpha value is -3.00. The number of hydrogen-bond donors (Lipinski definition) is 1. The molecule has 3 rings (SSSR count). The minimum atomic E-state index is -0.409. The number of halogens is 1. The highest BCUT2D eigenvalue weighted by atomic mass is 79.9. The van der Waals surface area contributed by atoms with Crippen LogP contribution in [0.25, 0.3) is 0 Å². The predicted octanol–water partition coefficient (Wildman–Crippen LogP) is 4.71. The van der Waals surface area contributed by atoms with Gasteiger partial charge in [-0.15, -0.1) is 0 Å². The molecule has 0 spiro atoms. The quantitative estimate of drug-likeness (QED) is 0.429. The van der Waals surface area contributed by atoms with Crippen LogP contribution in [-0.2, 0) is 6.54 Å². The van der Waals surface area contributed by atoms with Crippen LogP contribution in [0.3, 0.4) is 0 Å². The maximum atomic E-state index is 12.6. The van der Waals surface area contributed by atoms with Crippen molar-refractivity contribution in [1.29, 1.82) is 0 Å². The summed E-state index contributed by atoms with van der Waals surface area (Å²) in [4.78, 5) is 23.3. The fourth-order valence-electron chi connectivity index (χ4n) is 3.22. The molecule has 3 aromatic rings. The van der Waals surface area contributed by atoms with Gasteiger partial charge in [0.1, 0.15) is 11.4 Å². The molecule has 0 bridgehead atoms. The molecular formula is C21H21BrN4O3. The number of benzene rings is 2. The van der Waals surface area contributed by atoms with Gasteiger partial charge in [-0.25, -0.2) is 0 Å². The van der Waals surface area contributed by atoms with Gasteiger partial charge in [-0.3, -0.25) is 19.6 Å². The highest BCUT2D eigenvalue weighted by molar-refractivity contribution is 9.10. The van der Waals surface area contributed by atoms with Crippen LogP contribution in [0.2, 0.25) is 0 Å². The van der Waals surface area contributed by atoms with E-state index in [-0.39, 0.29) is 17.6 Å². The van der Waals surface area contributed by atoms with Gasteiger partial charge >= 0.3 is 5.69 Å². The number of nitro groups is 1. The summed E-state index contributed by atoms with van der Waals surface area (Å²) in [5, 5.41) is 18.4. The molecule has 1 aromatic heterocycles. The summed E-state index contributed by atoms with van der Waals surface area (Å²) in [5.74, 6) is -0.165. The minimum Gasteiger partial charge on any atom is -0.345 e. The third-order valence-corrected chi connectivity index (χ3v) is 5.52. The molecule has 7 nitrogen and oxygen atoms in total. The second kappa shape index (κ2) is 8.57. The Bertz CT molecular complexity index is 1060. The van der Waals surface area contributed by atoms with Gasteiger partial charge in [0.25, 0.3) is 5.91 Å². The van der Waals surface area contributed by atoms with E-state index in [0.29, 0.717) is 23.5 Å². The van der Waals surface area contributed by atoms with Gasteiger partial charge in [0.15, 0.2) is 0 Å². The Morgan fingerprint density at radius 3 is 2.45 bits per heavy atom. The Kier molecular flexibility index (Phi) is 6.12. The molecule has 2 aromatic carbocycles. The topological polar surface area (TPSA) is 90.1 Å². The number of nitrogens with one attached hydrogen (secondary N) is 1. The fourth-order valence-corrected chi connectivity index (χ4v) is 3.85. The zero-order valence-electron chi connectivity index (χ0n) is 16.3. The van der Waals surface area contributed by atoms with Crippen LogP contribution < -0.4 is 5.32 Å². The molecule has 150 valence electrons. The van der Waals surface area contributed by atoms with Crippen molar-refractivity contribution in [3.05, 3.63) is 91.2 Å². The Morgan fingerprint density at radius 2 is 1.86 bits per heavy atom. The molecule has 1 amide bonds. The minimum absolute atomic E-state index is 0.0436. The van der Waals surface area contributed by atoms with E-state index in [1.165, 1.54) is 0 Å². The zero-order valence-corrected chi connectivity index (χ0v) is 17.9. The van der Waals surface area contributed by atoms with Crippen LogP contribution in [0, 0.1) is 24.0 Å². The van der Waals surface area contributed by atoms with Gasteiger partial charge in [-0.1, -0.05) is 46.3 Å². The smallest absolute Gasteiger partial charge is 0.312 e. The van der Waals surface area contributed by atoms with Crippen LogP contribution in [-0.4, -0.2) is 20.6 Å². The molecule has 0 aliphatic carbocycles. The first-order valence-corrected chi connectivity index (χ1v) is 9.90. The van der Waals surface area contributed by atoms with Gasteiger partial charge in [0.05, 0.1) is 17.5 Å². The lowest BCUT2D eigenvalue weighted by Crippen LogP contribution is -2.26. The number of carbonyl (C=O) groups is 1. The number of amides is 1. The van der Waals surface area contributed by atoms with Gasteiger partial charge < -0.3 is 5.32 Å². The molecule has 1 atom stereocenters. The third kappa shape index (κ3) is 4.54. The lowest BCUT2D eigenvalue weighted by Gasteiger charge is -2.16. The SMILES string of the molecule is Cc1nn(Cc2ccc(C(=O)NC(C)c3ccccc3Br)cc2)c(C)c1[N+](=O)[O-]. The van der Waals surface area contributed by atoms with E-state index in [1.54, 1.807) is 30.7 Å². The molecule has 0 saturated carbocycles. The van der Waals surface area contributed by atoms with Crippen molar-refractivity contribution in [2.45, 2.75) is 33.4 Å². The van der Waals surface area contributed by atoms with E-state index in [9.17, 15) is 14.9 Å². The molecule has 0 fully saturated rings. The molecule has 1 heterocycles. The molecular weight excluding hydrogens is 436 g/mol. The van der Waals surface area contributed by atoms with Crippen molar-refractivity contribution in [3.63, 3.8) is 0 Å². The Labute approximate surface area is 177 Å². The van der Waals surface area contributed by atoms with Crippen molar-refractivity contribution in [2.24, 2.45) is 0 Å². The molecule has 0 radical (unpaired) electrons. The van der Waals surface area contributed by atoms with Crippen molar-refractivity contribution < 1.29 is 9.72 Å². The lowest BCUT2D eigenvalue weighted by atomic mass is 10.1. The van der Waals surface area contributed by atoms with Crippen LogP contribution in [0.5, 0.6) is 0 Å². The van der Waals surface area contributed by atoms with Crippen molar-refractivity contribution >= 4 is 27.5 Å². The van der Waals surface area contributed by atoms with E-state index in [2.05, 4.69) is 26.3 Å². The summed E-state index contributed by atoms with van der Waals surface area (Å²) in [6.07, 6.45) is 0. The summed E-state index contributed by atoms with van der Waals surface area (Å²) in [6, 6.07) is 14.8. The van der Waals surface area contributed by atoms with Crippen molar-refractivity contribution in [3.8, 4) is 0 Å². The van der Waals surface area contributed by atoms with Crippen LogP contribution in [0.4, 0.5) is 5.69 Å². The largest absolute Gasteiger partial charge is 0.345 e. The van der Waals surface area contributed by atoms with Crippen LogP contribution in [0.1, 0.15) is 45.8 Å². The van der Waals surface area contributed by atoms with Gasteiger partial charge in [0, 0.05) is 10.0 Å². The molecule has 0 aliphatic heterocycles. The highest BCUT2D eigenvalue weighted by Gasteiger charge is 2.21. The Morgan fingerprint density at radius 1 is 1.21 bits per heavy atom. The van der Waals surface area contributed by atoms with Gasteiger partial charge in [-0.2, -0.15) is 5.10 Å².